The molecule has 0 amide bonds. The molecule has 0 N–H and O–H groups in total. The van der Waals surface area contributed by atoms with Crippen LogP contribution in [0.15, 0.2) is 35.3 Å². The normalized spacial score (nSPS) is 11.3. The molecule has 0 saturated heterocycles. The van der Waals surface area contributed by atoms with E-state index in [0.717, 1.165) is 18.6 Å². The molecule has 2 aromatic carbocycles. The van der Waals surface area contributed by atoms with E-state index in [1.807, 2.05) is 0 Å². The average Bonchev–Trinajstić information content (AvgIpc) is 2.59. The fourth-order valence-electron chi connectivity index (χ4n) is 2.05. The number of hydrogen-bond donors (Lipinski definition) is 0. The molecule has 2 rings (SSSR count). The van der Waals surface area contributed by atoms with Crippen LogP contribution in [0.2, 0.25) is 0 Å². The molecule has 0 aliphatic rings. The molecule has 0 radical (unpaired) electrons. The lowest BCUT2D eigenvalue weighted by Gasteiger charge is -2.12. The number of benzene rings is 2. The predicted molar refractivity (Wildman–Crippen MR) is 91.5 cm³/mol. The zero-order valence-corrected chi connectivity index (χ0v) is 14.4. The number of rotatable bonds is 7. The summed E-state index contributed by atoms with van der Waals surface area (Å²) < 4.78 is 50.7. The molecule has 0 atom stereocenters. The van der Waals surface area contributed by atoms with E-state index >= 15 is 0 Å². The van der Waals surface area contributed by atoms with Crippen LogP contribution in [0.25, 0.3) is 0 Å². The average molecular weight is 351 g/mol. The van der Waals surface area contributed by atoms with Crippen molar-refractivity contribution in [2.45, 2.75) is 20.3 Å². The Bertz CT molecular complexity index is 761. The lowest BCUT2D eigenvalue weighted by Crippen LogP contribution is -2.03. The van der Waals surface area contributed by atoms with Crippen LogP contribution in [0.3, 0.4) is 0 Å². The Kier molecular flexibility index (Phi) is 6.44. The Hall–Kier alpha value is -2.50. The van der Waals surface area contributed by atoms with Crippen molar-refractivity contribution in [2.24, 2.45) is 10.9 Å². The maximum absolute atomic E-state index is 13.6. The monoisotopic (exact) mass is 351 g/mol. The maximum Gasteiger partial charge on any atom is 0.196 e. The first-order chi connectivity index (χ1) is 11.9. The van der Waals surface area contributed by atoms with Crippen LogP contribution in [0.5, 0.6) is 11.5 Å². The molecule has 0 heterocycles. The Balaban J connectivity index is 2.16. The van der Waals surface area contributed by atoms with E-state index in [1.165, 1.54) is 13.3 Å². The fourth-order valence-corrected chi connectivity index (χ4v) is 2.05. The van der Waals surface area contributed by atoms with Crippen LogP contribution in [-0.2, 0) is 0 Å². The summed E-state index contributed by atoms with van der Waals surface area (Å²) in [6.45, 7) is 4.79. The molecular weight excluding hydrogens is 331 g/mol. The summed E-state index contributed by atoms with van der Waals surface area (Å²) >= 11 is 0. The van der Waals surface area contributed by atoms with Crippen LogP contribution >= 0.6 is 0 Å². The zero-order chi connectivity index (χ0) is 18.4. The fraction of sp³-hybridized carbons (Fsp3) is 0.316. The Morgan fingerprint density at radius 2 is 1.80 bits per heavy atom. The predicted octanol–water partition coefficient (Wildman–Crippen LogP) is 5.29. The van der Waals surface area contributed by atoms with E-state index in [0.29, 0.717) is 29.6 Å². The van der Waals surface area contributed by atoms with E-state index < -0.39 is 17.5 Å². The van der Waals surface area contributed by atoms with Crippen LogP contribution in [0.1, 0.15) is 25.8 Å². The molecule has 6 heteroatoms. The highest BCUT2D eigenvalue weighted by atomic mass is 19.2. The van der Waals surface area contributed by atoms with E-state index in [9.17, 15) is 13.2 Å². The maximum atomic E-state index is 13.6. The van der Waals surface area contributed by atoms with Gasteiger partial charge in [-0.1, -0.05) is 13.8 Å². The molecule has 0 unspecified atom stereocenters. The summed E-state index contributed by atoms with van der Waals surface area (Å²) in [6.07, 6.45) is 2.26. The van der Waals surface area contributed by atoms with Crippen molar-refractivity contribution in [3.63, 3.8) is 0 Å². The topological polar surface area (TPSA) is 30.8 Å². The molecule has 0 bridgehead atoms. The molecule has 0 aliphatic carbocycles. The molecule has 0 saturated carbocycles. The van der Waals surface area contributed by atoms with Gasteiger partial charge in [0, 0.05) is 6.21 Å². The van der Waals surface area contributed by atoms with E-state index in [-0.39, 0.29) is 5.69 Å². The minimum absolute atomic E-state index is 0.282. The van der Waals surface area contributed by atoms with Gasteiger partial charge in [0.25, 0.3) is 0 Å². The molecular formula is C19H20F3NO2. The standard InChI is InChI=1S/C19H20F3NO2/c1-12(2)8-9-25-16-7-4-13(10-17(16)24-3)11-23-15-6-5-14(20)18(21)19(15)22/h4-7,10-12H,8-9H2,1-3H3. The summed E-state index contributed by atoms with van der Waals surface area (Å²) in [4.78, 5) is 3.87. The molecule has 0 aliphatic heterocycles. The first-order valence-corrected chi connectivity index (χ1v) is 7.90. The van der Waals surface area contributed by atoms with Crippen molar-refractivity contribution in [2.75, 3.05) is 13.7 Å². The molecule has 134 valence electrons. The SMILES string of the molecule is COc1cc(C=Nc2ccc(F)c(F)c2F)ccc1OCCC(C)C. The Labute approximate surface area is 145 Å². The highest BCUT2D eigenvalue weighted by Gasteiger charge is 2.12. The summed E-state index contributed by atoms with van der Waals surface area (Å²) in [5, 5.41) is 0. The van der Waals surface area contributed by atoms with Gasteiger partial charge in [0.15, 0.2) is 29.0 Å². The van der Waals surface area contributed by atoms with Crippen molar-refractivity contribution in [3.8, 4) is 11.5 Å². The minimum atomic E-state index is -1.54. The van der Waals surface area contributed by atoms with Gasteiger partial charge in [0.05, 0.1) is 13.7 Å². The van der Waals surface area contributed by atoms with Gasteiger partial charge in [-0.25, -0.2) is 13.2 Å². The van der Waals surface area contributed by atoms with E-state index in [2.05, 4.69) is 18.8 Å². The summed E-state index contributed by atoms with van der Waals surface area (Å²) in [5.41, 5.74) is 0.326. The van der Waals surface area contributed by atoms with Crippen molar-refractivity contribution in [1.29, 1.82) is 0 Å². The summed E-state index contributed by atoms with van der Waals surface area (Å²) in [5.74, 6) is -2.47. The zero-order valence-electron chi connectivity index (χ0n) is 14.4. The van der Waals surface area contributed by atoms with Gasteiger partial charge in [-0.15, -0.1) is 0 Å². The molecule has 3 nitrogen and oxygen atoms in total. The lowest BCUT2D eigenvalue weighted by molar-refractivity contribution is 0.273. The Morgan fingerprint density at radius 3 is 2.48 bits per heavy atom. The van der Waals surface area contributed by atoms with Gasteiger partial charge in [0.1, 0.15) is 5.69 Å². The van der Waals surface area contributed by atoms with Crippen molar-refractivity contribution in [1.82, 2.24) is 0 Å². The van der Waals surface area contributed by atoms with Gasteiger partial charge in [-0.3, -0.25) is 4.99 Å². The first kappa shape index (κ1) is 18.8. The van der Waals surface area contributed by atoms with Crippen molar-refractivity contribution in [3.05, 3.63) is 53.3 Å². The van der Waals surface area contributed by atoms with E-state index in [1.54, 1.807) is 18.2 Å². The van der Waals surface area contributed by atoms with Crippen LogP contribution in [0, 0.1) is 23.4 Å². The first-order valence-electron chi connectivity index (χ1n) is 7.90. The number of hydrogen-bond acceptors (Lipinski definition) is 3. The second-order valence-electron chi connectivity index (χ2n) is 5.89. The molecule has 0 spiro atoms. The van der Waals surface area contributed by atoms with Crippen molar-refractivity contribution < 1.29 is 22.6 Å². The van der Waals surface area contributed by atoms with Crippen LogP contribution < -0.4 is 9.47 Å². The second-order valence-corrected chi connectivity index (χ2v) is 5.89. The third kappa shape index (κ3) is 4.98. The van der Waals surface area contributed by atoms with Crippen LogP contribution in [0.4, 0.5) is 18.9 Å². The van der Waals surface area contributed by atoms with Crippen molar-refractivity contribution >= 4 is 11.9 Å². The number of methoxy groups -OCH3 is 1. The molecule has 25 heavy (non-hydrogen) atoms. The number of halogens is 3. The molecule has 0 fully saturated rings. The molecule has 0 aromatic heterocycles. The highest BCUT2D eigenvalue weighted by molar-refractivity contribution is 5.83. The third-order valence-corrected chi connectivity index (χ3v) is 3.51. The number of aliphatic imine (C=N–C) groups is 1. The lowest BCUT2D eigenvalue weighted by atomic mass is 10.1. The molecule has 2 aromatic rings. The van der Waals surface area contributed by atoms with Gasteiger partial charge in [0.2, 0.25) is 0 Å². The van der Waals surface area contributed by atoms with Gasteiger partial charge in [-0.2, -0.15) is 0 Å². The third-order valence-electron chi connectivity index (χ3n) is 3.51. The smallest absolute Gasteiger partial charge is 0.196 e. The van der Waals surface area contributed by atoms with Gasteiger partial charge >= 0.3 is 0 Å². The number of ether oxygens (including phenoxy) is 2. The Morgan fingerprint density at radius 1 is 1.04 bits per heavy atom. The van der Waals surface area contributed by atoms with Gasteiger partial charge in [-0.05, 0) is 48.2 Å². The summed E-state index contributed by atoms with van der Waals surface area (Å²) in [7, 11) is 1.51. The second kappa shape index (κ2) is 8.55. The van der Waals surface area contributed by atoms with Gasteiger partial charge < -0.3 is 9.47 Å². The highest BCUT2D eigenvalue weighted by Crippen LogP contribution is 2.28. The quantitative estimate of drug-likeness (QED) is 0.501. The number of nitrogens with zero attached hydrogens (tertiary/aromatic N) is 1. The summed E-state index contributed by atoms with van der Waals surface area (Å²) in [6, 6.07) is 7.02. The minimum Gasteiger partial charge on any atom is -0.493 e. The van der Waals surface area contributed by atoms with Crippen LogP contribution in [-0.4, -0.2) is 19.9 Å². The van der Waals surface area contributed by atoms with E-state index in [4.69, 9.17) is 9.47 Å². The largest absolute Gasteiger partial charge is 0.493 e.